The van der Waals surface area contributed by atoms with E-state index in [0.717, 1.165) is 21.8 Å². The van der Waals surface area contributed by atoms with Crippen LogP contribution in [-0.2, 0) is 4.74 Å². The zero-order chi connectivity index (χ0) is 22.2. The molecule has 1 aromatic rings. The zero-order valence-electron chi connectivity index (χ0n) is 19.1. The number of carbonyl (C=O) groups excluding carboxylic acids is 1. The van der Waals surface area contributed by atoms with Crippen molar-refractivity contribution in [3.63, 3.8) is 0 Å². The Balaban J connectivity index is 0. The Morgan fingerprint density at radius 3 is 2.07 bits per heavy atom. The molecule has 4 N–H and O–H groups in total. The van der Waals surface area contributed by atoms with Gasteiger partial charge in [-0.1, -0.05) is 49.0 Å². The third-order valence-corrected chi connectivity index (χ3v) is 4.33. The van der Waals surface area contributed by atoms with E-state index in [1.54, 1.807) is 0 Å². The van der Waals surface area contributed by atoms with Crippen LogP contribution in [0.4, 0.5) is 10.5 Å². The van der Waals surface area contributed by atoms with Crippen LogP contribution in [0, 0.1) is 6.92 Å². The predicted molar refractivity (Wildman–Crippen MR) is 126 cm³/mol. The average molecular weight is 461 g/mol. The summed E-state index contributed by atoms with van der Waals surface area (Å²) in [6.45, 7) is 11.4. The number of halogens is 1. The molecule has 0 spiro atoms. The molecule has 1 aliphatic carbocycles. The lowest BCUT2D eigenvalue weighted by atomic mass is 9.96. The van der Waals surface area contributed by atoms with Crippen molar-refractivity contribution in [2.75, 3.05) is 19.4 Å². The third kappa shape index (κ3) is 14.9. The van der Waals surface area contributed by atoms with Crippen LogP contribution in [0.25, 0.3) is 0 Å². The standard InChI is InChI=1S/C12H16BrNO2.C7H15N.C2H6.CH5N/c1-8-7-9(13)5-6-10(8)14-11(15)16-12(2,3)4;1-8-7-5-3-2-4-6-7;2*1-2/h5-7H,1-4H3,(H,14,15);7-8H,2-6H2,1H3;1-2H3;2H2,1H3. The molecule has 0 unspecified atom stereocenters. The SMILES string of the molecule is CC.CN.CNC1CCCCC1.Cc1cc(Br)ccc1NC(=O)OC(C)(C)C. The highest BCUT2D eigenvalue weighted by Gasteiger charge is 2.16. The molecular weight excluding hydrogens is 418 g/mol. The zero-order valence-corrected chi connectivity index (χ0v) is 20.7. The van der Waals surface area contributed by atoms with Gasteiger partial charge in [-0.15, -0.1) is 0 Å². The number of benzene rings is 1. The Hall–Kier alpha value is -1.11. The van der Waals surface area contributed by atoms with Gasteiger partial charge >= 0.3 is 6.09 Å². The van der Waals surface area contributed by atoms with Gasteiger partial charge in [0, 0.05) is 16.2 Å². The summed E-state index contributed by atoms with van der Waals surface area (Å²) >= 11 is 3.37. The summed E-state index contributed by atoms with van der Waals surface area (Å²) in [6.07, 6.45) is 6.69. The number of hydrogen-bond acceptors (Lipinski definition) is 4. The van der Waals surface area contributed by atoms with Crippen molar-refractivity contribution in [1.82, 2.24) is 5.32 Å². The smallest absolute Gasteiger partial charge is 0.412 e. The van der Waals surface area contributed by atoms with Crippen molar-refractivity contribution in [2.45, 2.75) is 85.3 Å². The largest absolute Gasteiger partial charge is 0.444 e. The topological polar surface area (TPSA) is 76.4 Å². The third-order valence-electron chi connectivity index (χ3n) is 3.84. The summed E-state index contributed by atoms with van der Waals surface area (Å²) in [7, 11) is 3.57. The average Bonchev–Trinajstić information content (AvgIpc) is 2.67. The fraction of sp³-hybridized carbons (Fsp3) is 0.682. The highest BCUT2D eigenvalue weighted by molar-refractivity contribution is 9.10. The number of aryl methyl sites for hydroxylation is 1. The maximum Gasteiger partial charge on any atom is 0.412 e. The first kappa shape index (κ1) is 29.1. The highest BCUT2D eigenvalue weighted by Crippen LogP contribution is 2.21. The molecule has 28 heavy (non-hydrogen) atoms. The summed E-state index contributed by atoms with van der Waals surface area (Å²) < 4.78 is 6.15. The van der Waals surface area contributed by atoms with Gasteiger partial charge in [-0.05, 0) is 78.4 Å². The van der Waals surface area contributed by atoms with Crippen LogP contribution < -0.4 is 16.4 Å². The minimum atomic E-state index is -0.479. The second-order valence-corrected chi connectivity index (χ2v) is 8.13. The summed E-state index contributed by atoms with van der Waals surface area (Å²) in [5, 5.41) is 6.02. The predicted octanol–water partition coefficient (Wildman–Crippen LogP) is 6.24. The van der Waals surface area contributed by atoms with Crippen molar-refractivity contribution >= 4 is 27.7 Å². The first-order chi connectivity index (χ1) is 13.2. The minimum Gasteiger partial charge on any atom is -0.444 e. The van der Waals surface area contributed by atoms with Crippen LogP contribution in [0.1, 0.15) is 72.3 Å². The van der Waals surface area contributed by atoms with Gasteiger partial charge in [0.1, 0.15) is 5.60 Å². The van der Waals surface area contributed by atoms with Crippen molar-refractivity contribution < 1.29 is 9.53 Å². The Morgan fingerprint density at radius 1 is 1.14 bits per heavy atom. The maximum absolute atomic E-state index is 11.5. The fourth-order valence-electron chi connectivity index (χ4n) is 2.57. The molecule has 2 rings (SSSR count). The number of carbonyl (C=O) groups is 1. The monoisotopic (exact) mass is 459 g/mol. The number of rotatable bonds is 2. The van der Waals surface area contributed by atoms with E-state index in [1.807, 2.05) is 59.7 Å². The molecule has 1 saturated carbocycles. The van der Waals surface area contributed by atoms with Gasteiger partial charge in [-0.3, -0.25) is 5.32 Å². The lowest BCUT2D eigenvalue weighted by molar-refractivity contribution is 0.0636. The Kier molecular flexibility index (Phi) is 17.5. The summed E-state index contributed by atoms with van der Waals surface area (Å²) in [4.78, 5) is 11.5. The summed E-state index contributed by atoms with van der Waals surface area (Å²) in [5.41, 5.74) is 5.77. The molecule has 164 valence electrons. The van der Waals surface area contributed by atoms with E-state index >= 15 is 0 Å². The van der Waals surface area contributed by atoms with Gasteiger partial charge < -0.3 is 15.8 Å². The van der Waals surface area contributed by atoms with Crippen LogP contribution in [0.2, 0.25) is 0 Å². The minimum absolute atomic E-state index is 0.432. The molecule has 1 aromatic carbocycles. The molecule has 0 saturated heterocycles. The Labute approximate surface area is 181 Å². The van der Waals surface area contributed by atoms with Crippen LogP contribution in [-0.4, -0.2) is 31.8 Å². The van der Waals surface area contributed by atoms with Gasteiger partial charge in [0.2, 0.25) is 0 Å². The lowest BCUT2D eigenvalue weighted by Crippen LogP contribution is -2.27. The molecule has 1 amide bonds. The van der Waals surface area contributed by atoms with E-state index in [1.165, 1.54) is 39.2 Å². The molecular formula is C22H42BrN3O2. The normalized spacial score (nSPS) is 13.5. The molecule has 1 aliphatic rings. The van der Waals surface area contributed by atoms with Crippen molar-refractivity contribution in [3.05, 3.63) is 28.2 Å². The Morgan fingerprint density at radius 2 is 1.68 bits per heavy atom. The van der Waals surface area contributed by atoms with E-state index < -0.39 is 11.7 Å². The first-order valence-electron chi connectivity index (χ1n) is 10.2. The van der Waals surface area contributed by atoms with E-state index in [9.17, 15) is 4.79 Å². The number of anilines is 1. The molecule has 5 nitrogen and oxygen atoms in total. The molecule has 6 heteroatoms. The number of hydrogen-bond donors (Lipinski definition) is 3. The molecule has 0 bridgehead atoms. The highest BCUT2D eigenvalue weighted by atomic mass is 79.9. The maximum atomic E-state index is 11.5. The second kappa shape index (κ2) is 16.8. The van der Waals surface area contributed by atoms with Gasteiger partial charge in [0.05, 0.1) is 0 Å². The Bertz CT molecular complexity index is 525. The summed E-state index contributed by atoms with van der Waals surface area (Å²) in [5.74, 6) is 0. The number of nitrogens with one attached hydrogen (secondary N) is 2. The first-order valence-corrected chi connectivity index (χ1v) is 11.0. The van der Waals surface area contributed by atoms with Crippen molar-refractivity contribution in [2.24, 2.45) is 5.73 Å². The van der Waals surface area contributed by atoms with Crippen LogP contribution in [0.3, 0.4) is 0 Å². The van der Waals surface area contributed by atoms with E-state index in [-0.39, 0.29) is 0 Å². The van der Waals surface area contributed by atoms with Crippen LogP contribution in [0.15, 0.2) is 22.7 Å². The van der Waals surface area contributed by atoms with Crippen LogP contribution >= 0.6 is 15.9 Å². The van der Waals surface area contributed by atoms with Gasteiger partial charge in [-0.25, -0.2) is 4.79 Å². The number of amides is 1. The molecule has 0 heterocycles. The molecule has 1 fully saturated rings. The number of nitrogens with two attached hydrogens (primary N) is 1. The van der Waals surface area contributed by atoms with Gasteiger partial charge in [0.15, 0.2) is 0 Å². The van der Waals surface area contributed by atoms with E-state index in [4.69, 9.17) is 4.74 Å². The number of ether oxygens (including phenoxy) is 1. The van der Waals surface area contributed by atoms with Gasteiger partial charge in [0.25, 0.3) is 0 Å². The van der Waals surface area contributed by atoms with Crippen molar-refractivity contribution in [3.8, 4) is 0 Å². The molecule has 0 aliphatic heterocycles. The van der Waals surface area contributed by atoms with Crippen molar-refractivity contribution in [1.29, 1.82) is 0 Å². The molecule has 0 aromatic heterocycles. The van der Waals surface area contributed by atoms with E-state index in [2.05, 4.69) is 39.3 Å². The summed E-state index contributed by atoms with van der Waals surface area (Å²) in [6, 6.07) is 6.49. The van der Waals surface area contributed by atoms with Gasteiger partial charge in [-0.2, -0.15) is 0 Å². The second-order valence-electron chi connectivity index (χ2n) is 7.21. The van der Waals surface area contributed by atoms with E-state index in [0.29, 0.717) is 0 Å². The van der Waals surface area contributed by atoms with Crippen LogP contribution in [0.5, 0.6) is 0 Å². The lowest BCUT2D eigenvalue weighted by Gasteiger charge is -2.20. The quantitative estimate of drug-likeness (QED) is 0.488. The molecule has 0 atom stereocenters. The fourth-order valence-corrected chi connectivity index (χ4v) is 3.05. The molecule has 0 radical (unpaired) electrons.